The van der Waals surface area contributed by atoms with Gasteiger partial charge >= 0.3 is 0 Å². The lowest BCUT2D eigenvalue weighted by Crippen LogP contribution is -2.04. The molecule has 0 saturated carbocycles. The van der Waals surface area contributed by atoms with Gasteiger partial charge in [-0.25, -0.2) is 4.39 Å². The zero-order chi connectivity index (χ0) is 13.3. The lowest BCUT2D eigenvalue weighted by molar-refractivity contribution is 0.619. The molecule has 0 saturated heterocycles. The summed E-state index contributed by atoms with van der Waals surface area (Å²) < 4.78 is 15.1. The molecule has 2 rings (SSSR count). The van der Waals surface area contributed by atoms with Crippen LogP contribution in [0.2, 0.25) is 0 Å². The van der Waals surface area contributed by atoms with Crippen LogP contribution in [0.1, 0.15) is 16.8 Å². The molecule has 0 unspecified atom stereocenters. The number of aryl methyl sites for hydroxylation is 2. The second kappa shape index (κ2) is 4.68. The molecule has 0 bridgehead atoms. The molecular weight excluding hydrogens is 231 g/mol. The van der Waals surface area contributed by atoms with Gasteiger partial charge < -0.3 is 11.1 Å². The predicted molar refractivity (Wildman–Crippen MR) is 70.8 cm³/mol. The maximum atomic E-state index is 13.3. The molecule has 2 aromatic rings. The van der Waals surface area contributed by atoms with Crippen LogP contribution in [-0.2, 0) is 13.6 Å². The van der Waals surface area contributed by atoms with Gasteiger partial charge in [-0.1, -0.05) is 0 Å². The maximum absolute atomic E-state index is 13.3. The number of nitrogens with two attached hydrogens (primary N) is 1. The Labute approximate surface area is 106 Å². The number of nitrogens with zero attached hydrogens (tertiary/aromatic N) is 2. The molecule has 0 atom stereocenters. The van der Waals surface area contributed by atoms with Gasteiger partial charge in [0.25, 0.3) is 0 Å². The first-order chi connectivity index (χ1) is 8.49. The molecule has 0 fully saturated rings. The quantitative estimate of drug-likeness (QED) is 0.820. The van der Waals surface area contributed by atoms with Gasteiger partial charge in [-0.3, -0.25) is 4.68 Å². The molecule has 1 aromatic heterocycles. The molecule has 1 heterocycles. The van der Waals surface area contributed by atoms with Crippen molar-refractivity contribution < 1.29 is 4.39 Å². The van der Waals surface area contributed by atoms with Gasteiger partial charge in [0.05, 0.1) is 17.6 Å². The standard InChI is InChI=1S/C13H17FN4/c1-8-4-13(12(15)5-11(8)14)16-6-10-7-17-18(3)9(10)2/h4-5,7,16H,6,15H2,1-3H3. The Bertz CT molecular complexity index is 575. The smallest absolute Gasteiger partial charge is 0.128 e. The molecule has 18 heavy (non-hydrogen) atoms. The molecule has 3 N–H and O–H groups in total. The van der Waals surface area contributed by atoms with Crippen LogP contribution in [0.3, 0.4) is 0 Å². The van der Waals surface area contributed by atoms with E-state index in [1.165, 1.54) is 6.07 Å². The van der Waals surface area contributed by atoms with Crippen LogP contribution in [0.4, 0.5) is 15.8 Å². The molecule has 0 radical (unpaired) electrons. The van der Waals surface area contributed by atoms with Crippen molar-refractivity contribution in [3.8, 4) is 0 Å². The number of aromatic nitrogens is 2. The van der Waals surface area contributed by atoms with Gasteiger partial charge in [-0.05, 0) is 31.5 Å². The molecular formula is C13H17FN4. The minimum absolute atomic E-state index is 0.282. The zero-order valence-electron chi connectivity index (χ0n) is 10.8. The number of hydrogen-bond acceptors (Lipinski definition) is 3. The van der Waals surface area contributed by atoms with Crippen molar-refractivity contribution >= 4 is 11.4 Å². The van der Waals surface area contributed by atoms with Gasteiger partial charge in [0, 0.05) is 24.8 Å². The van der Waals surface area contributed by atoms with Gasteiger partial charge in [0.15, 0.2) is 0 Å². The van der Waals surface area contributed by atoms with Crippen molar-refractivity contribution in [1.29, 1.82) is 0 Å². The monoisotopic (exact) mass is 248 g/mol. The lowest BCUT2D eigenvalue weighted by Gasteiger charge is -2.10. The van der Waals surface area contributed by atoms with E-state index in [9.17, 15) is 4.39 Å². The molecule has 0 aliphatic rings. The number of nitrogens with one attached hydrogen (secondary N) is 1. The number of benzene rings is 1. The van der Waals surface area contributed by atoms with Crippen LogP contribution in [0.15, 0.2) is 18.3 Å². The lowest BCUT2D eigenvalue weighted by atomic mass is 10.1. The highest BCUT2D eigenvalue weighted by molar-refractivity contribution is 5.67. The van der Waals surface area contributed by atoms with Crippen molar-refractivity contribution in [2.24, 2.45) is 7.05 Å². The summed E-state index contributed by atoms with van der Waals surface area (Å²) in [6, 6.07) is 3.06. The number of halogens is 1. The minimum Gasteiger partial charge on any atom is -0.397 e. The van der Waals surface area contributed by atoms with Crippen LogP contribution >= 0.6 is 0 Å². The Hall–Kier alpha value is -2.04. The van der Waals surface area contributed by atoms with E-state index in [0.29, 0.717) is 17.8 Å². The second-order valence-electron chi connectivity index (χ2n) is 4.42. The second-order valence-corrected chi connectivity index (χ2v) is 4.42. The third kappa shape index (κ3) is 2.30. The summed E-state index contributed by atoms with van der Waals surface area (Å²) in [4.78, 5) is 0. The summed E-state index contributed by atoms with van der Waals surface area (Å²) in [7, 11) is 1.90. The molecule has 4 nitrogen and oxygen atoms in total. The molecule has 96 valence electrons. The predicted octanol–water partition coefficient (Wildman–Crippen LogP) is 2.37. The first-order valence-corrected chi connectivity index (χ1v) is 5.76. The Balaban J connectivity index is 2.16. The summed E-state index contributed by atoms with van der Waals surface area (Å²) in [5, 5.41) is 7.37. The van der Waals surface area contributed by atoms with Gasteiger partial charge in [-0.15, -0.1) is 0 Å². The Morgan fingerprint density at radius 3 is 2.72 bits per heavy atom. The first-order valence-electron chi connectivity index (χ1n) is 5.76. The summed E-state index contributed by atoms with van der Waals surface area (Å²) in [6.45, 7) is 4.34. The summed E-state index contributed by atoms with van der Waals surface area (Å²) >= 11 is 0. The van der Waals surface area contributed by atoms with E-state index >= 15 is 0 Å². The normalized spacial score (nSPS) is 10.7. The molecule has 1 aromatic carbocycles. The van der Waals surface area contributed by atoms with E-state index in [0.717, 1.165) is 16.9 Å². The van der Waals surface area contributed by atoms with Crippen LogP contribution in [0, 0.1) is 19.7 Å². The Kier molecular flexibility index (Phi) is 3.23. The average molecular weight is 248 g/mol. The van der Waals surface area contributed by atoms with E-state index in [4.69, 9.17) is 5.73 Å². The summed E-state index contributed by atoms with van der Waals surface area (Å²) in [5.74, 6) is -0.282. The summed E-state index contributed by atoms with van der Waals surface area (Å²) in [6.07, 6.45) is 1.81. The largest absolute Gasteiger partial charge is 0.397 e. The SMILES string of the molecule is Cc1cc(NCc2cnn(C)c2C)c(N)cc1F. The molecule has 0 aliphatic heterocycles. The van der Waals surface area contributed by atoms with Crippen LogP contribution in [0.25, 0.3) is 0 Å². The highest BCUT2D eigenvalue weighted by atomic mass is 19.1. The Morgan fingerprint density at radius 1 is 1.39 bits per heavy atom. The maximum Gasteiger partial charge on any atom is 0.128 e. The third-order valence-corrected chi connectivity index (χ3v) is 3.14. The average Bonchev–Trinajstić information content (AvgIpc) is 2.63. The van der Waals surface area contributed by atoms with E-state index in [1.807, 2.05) is 24.9 Å². The minimum atomic E-state index is -0.282. The van der Waals surface area contributed by atoms with Gasteiger partial charge in [0.2, 0.25) is 0 Å². The van der Waals surface area contributed by atoms with E-state index in [2.05, 4.69) is 10.4 Å². The van der Waals surface area contributed by atoms with Crippen molar-refractivity contribution in [1.82, 2.24) is 9.78 Å². The van der Waals surface area contributed by atoms with Gasteiger partial charge in [-0.2, -0.15) is 5.10 Å². The van der Waals surface area contributed by atoms with E-state index < -0.39 is 0 Å². The summed E-state index contributed by atoms with van der Waals surface area (Å²) in [5.41, 5.74) is 9.71. The molecule has 0 aliphatic carbocycles. The number of rotatable bonds is 3. The third-order valence-electron chi connectivity index (χ3n) is 3.14. The highest BCUT2D eigenvalue weighted by Crippen LogP contribution is 2.23. The first kappa shape index (κ1) is 12.4. The van der Waals surface area contributed by atoms with Crippen LogP contribution < -0.4 is 11.1 Å². The fourth-order valence-corrected chi connectivity index (χ4v) is 1.76. The van der Waals surface area contributed by atoms with Crippen LogP contribution in [0.5, 0.6) is 0 Å². The van der Waals surface area contributed by atoms with Gasteiger partial charge in [0.1, 0.15) is 5.82 Å². The fraction of sp³-hybridized carbons (Fsp3) is 0.308. The molecule has 0 amide bonds. The Morgan fingerprint density at radius 2 is 2.11 bits per heavy atom. The zero-order valence-corrected chi connectivity index (χ0v) is 10.8. The number of nitrogen functional groups attached to an aromatic ring is 1. The number of anilines is 2. The molecule has 5 heteroatoms. The van der Waals surface area contributed by atoms with Crippen molar-refractivity contribution in [2.45, 2.75) is 20.4 Å². The molecule has 0 spiro atoms. The van der Waals surface area contributed by atoms with Crippen LogP contribution in [-0.4, -0.2) is 9.78 Å². The van der Waals surface area contributed by atoms with Crippen molar-refractivity contribution in [3.05, 3.63) is 41.0 Å². The fourth-order valence-electron chi connectivity index (χ4n) is 1.76. The number of hydrogen-bond donors (Lipinski definition) is 2. The van der Waals surface area contributed by atoms with E-state index in [-0.39, 0.29) is 5.82 Å². The topological polar surface area (TPSA) is 55.9 Å². The van der Waals surface area contributed by atoms with Crippen molar-refractivity contribution in [3.63, 3.8) is 0 Å². The highest BCUT2D eigenvalue weighted by Gasteiger charge is 2.07. The van der Waals surface area contributed by atoms with Crippen molar-refractivity contribution in [2.75, 3.05) is 11.1 Å². The van der Waals surface area contributed by atoms with E-state index in [1.54, 1.807) is 13.0 Å².